The zero-order valence-corrected chi connectivity index (χ0v) is 15.1. The predicted octanol–water partition coefficient (Wildman–Crippen LogP) is 4.92. The van der Waals surface area contributed by atoms with Crippen LogP contribution in [0.15, 0.2) is 72.1 Å². The second-order valence-corrected chi connectivity index (χ2v) is 6.49. The van der Waals surface area contributed by atoms with E-state index in [0.29, 0.717) is 16.3 Å². The van der Waals surface area contributed by atoms with Crippen molar-refractivity contribution in [1.82, 2.24) is 9.97 Å². The summed E-state index contributed by atoms with van der Waals surface area (Å²) in [6, 6.07) is 12.0. The monoisotopic (exact) mass is 405 g/mol. The summed E-state index contributed by atoms with van der Waals surface area (Å²) >= 11 is 1.38. The van der Waals surface area contributed by atoms with Crippen LogP contribution < -0.4 is 10.1 Å². The van der Waals surface area contributed by atoms with Gasteiger partial charge in [-0.1, -0.05) is 6.07 Å². The largest absolute Gasteiger partial charge is 0.573 e. The first-order chi connectivity index (χ1) is 13.4. The lowest BCUT2D eigenvalue weighted by atomic mass is 10.2. The third-order valence-corrected chi connectivity index (χ3v) is 4.54. The minimum atomic E-state index is -4.80. The molecule has 1 aromatic carbocycles. The number of pyridine rings is 2. The summed E-state index contributed by atoms with van der Waals surface area (Å²) in [5.41, 5.74) is 1.53. The molecule has 0 bridgehead atoms. The zero-order chi connectivity index (χ0) is 20.0. The molecule has 5 nitrogen and oxygen atoms in total. The van der Waals surface area contributed by atoms with Crippen molar-refractivity contribution < 1.29 is 22.7 Å². The van der Waals surface area contributed by atoms with Crippen LogP contribution in [0, 0.1) is 0 Å². The van der Waals surface area contributed by atoms with E-state index in [9.17, 15) is 18.0 Å². The first-order valence-corrected chi connectivity index (χ1v) is 9.03. The van der Waals surface area contributed by atoms with Gasteiger partial charge >= 0.3 is 6.36 Å². The number of carbonyl (C=O) groups is 1. The fourth-order valence-corrected chi connectivity index (χ4v) is 3.23. The number of hydrogen-bond donors (Lipinski definition) is 1. The highest BCUT2D eigenvalue weighted by atomic mass is 32.2. The summed E-state index contributed by atoms with van der Waals surface area (Å²) in [5, 5.41) is 3.09. The Balaban J connectivity index is 1.72. The summed E-state index contributed by atoms with van der Waals surface area (Å²) < 4.78 is 40.9. The molecule has 0 unspecified atom stereocenters. The lowest BCUT2D eigenvalue weighted by Gasteiger charge is -2.12. The highest BCUT2D eigenvalue weighted by Crippen LogP contribution is 2.27. The van der Waals surface area contributed by atoms with Gasteiger partial charge in [0.05, 0.1) is 5.56 Å². The van der Waals surface area contributed by atoms with Crippen molar-refractivity contribution in [2.75, 3.05) is 5.32 Å². The standard InChI is InChI=1S/C19H14F3N3O2S/c20-19(21,22)27-15-4-1-3-14(11-15)25-17(26)16-5-2-8-24-18(16)28-12-13-6-9-23-10-7-13/h1-11H,12H2,(H,25,26). The predicted molar refractivity (Wildman–Crippen MR) is 99.1 cm³/mol. The van der Waals surface area contributed by atoms with Crippen molar-refractivity contribution in [1.29, 1.82) is 0 Å². The topological polar surface area (TPSA) is 64.1 Å². The molecule has 1 N–H and O–H groups in total. The van der Waals surface area contributed by atoms with E-state index in [1.807, 2.05) is 12.1 Å². The minimum Gasteiger partial charge on any atom is -0.406 e. The van der Waals surface area contributed by atoms with Gasteiger partial charge in [-0.25, -0.2) is 4.98 Å². The van der Waals surface area contributed by atoms with Gasteiger partial charge in [-0.3, -0.25) is 9.78 Å². The molecule has 28 heavy (non-hydrogen) atoms. The van der Waals surface area contributed by atoms with Gasteiger partial charge in [0.2, 0.25) is 0 Å². The van der Waals surface area contributed by atoms with Crippen molar-refractivity contribution in [2.24, 2.45) is 0 Å². The van der Waals surface area contributed by atoms with Gasteiger partial charge in [0.1, 0.15) is 10.8 Å². The van der Waals surface area contributed by atoms with Crippen molar-refractivity contribution in [2.45, 2.75) is 17.1 Å². The number of ether oxygens (including phenoxy) is 1. The molecular formula is C19H14F3N3O2S. The molecule has 3 aromatic rings. The van der Waals surface area contributed by atoms with Crippen molar-refractivity contribution in [3.63, 3.8) is 0 Å². The van der Waals surface area contributed by atoms with E-state index in [-0.39, 0.29) is 5.69 Å². The number of aromatic nitrogens is 2. The van der Waals surface area contributed by atoms with Gasteiger partial charge in [0.25, 0.3) is 5.91 Å². The molecule has 0 saturated carbocycles. The maximum atomic E-state index is 12.6. The van der Waals surface area contributed by atoms with Crippen LogP contribution in [0.2, 0.25) is 0 Å². The average molecular weight is 405 g/mol. The molecule has 0 aliphatic heterocycles. The Morgan fingerprint density at radius 3 is 2.61 bits per heavy atom. The second kappa shape index (κ2) is 8.75. The van der Waals surface area contributed by atoms with Crippen LogP contribution in [-0.4, -0.2) is 22.2 Å². The molecule has 0 spiro atoms. The smallest absolute Gasteiger partial charge is 0.406 e. The third-order valence-electron chi connectivity index (χ3n) is 3.47. The number of carbonyl (C=O) groups excluding carboxylic acids is 1. The number of nitrogens with one attached hydrogen (secondary N) is 1. The van der Waals surface area contributed by atoms with Gasteiger partial charge in [-0.2, -0.15) is 0 Å². The average Bonchev–Trinajstić information content (AvgIpc) is 2.66. The Bertz CT molecular complexity index is 952. The number of benzene rings is 1. The number of anilines is 1. The molecule has 3 rings (SSSR count). The van der Waals surface area contributed by atoms with Crippen LogP contribution in [0.1, 0.15) is 15.9 Å². The van der Waals surface area contributed by atoms with Crippen LogP contribution >= 0.6 is 11.8 Å². The van der Waals surface area contributed by atoms with Gasteiger partial charge in [-0.15, -0.1) is 24.9 Å². The minimum absolute atomic E-state index is 0.181. The number of rotatable bonds is 6. The van der Waals surface area contributed by atoms with Crippen LogP contribution in [0.3, 0.4) is 0 Å². The first-order valence-electron chi connectivity index (χ1n) is 8.04. The normalized spacial score (nSPS) is 11.1. The van der Waals surface area contributed by atoms with E-state index in [1.54, 1.807) is 30.7 Å². The Hall–Kier alpha value is -3.07. The summed E-state index contributed by atoms with van der Waals surface area (Å²) in [4.78, 5) is 20.8. The summed E-state index contributed by atoms with van der Waals surface area (Å²) in [6.45, 7) is 0. The molecule has 0 aliphatic carbocycles. The van der Waals surface area contributed by atoms with E-state index in [1.165, 1.54) is 23.9 Å². The van der Waals surface area contributed by atoms with E-state index in [0.717, 1.165) is 17.7 Å². The van der Waals surface area contributed by atoms with E-state index in [4.69, 9.17) is 0 Å². The fourth-order valence-electron chi connectivity index (χ4n) is 2.28. The number of halogens is 3. The second-order valence-electron chi connectivity index (χ2n) is 5.53. The molecule has 144 valence electrons. The van der Waals surface area contributed by atoms with Crippen molar-refractivity contribution >= 4 is 23.4 Å². The van der Waals surface area contributed by atoms with Gasteiger partial charge < -0.3 is 10.1 Å². The van der Waals surface area contributed by atoms with Crippen molar-refractivity contribution in [3.8, 4) is 5.75 Å². The van der Waals surface area contributed by atoms with Crippen LogP contribution in [0.25, 0.3) is 0 Å². The Kier molecular flexibility index (Phi) is 6.15. The SMILES string of the molecule is O=C(Nc1cccc(OC(F)(F)F)c1)c1cccnc1SCc1ccncc1. The van der Waals surface area contributed by atoms with Crippen molar-refractivity contribution in [3.05, 3.63) is 78.2 Å². The van der Waals surface area contributed by atoms with Crippen LogP contribution in [0.5, 0.6) is 5.75 Å². The molecule has 1 amide bonds. The maximum Gasteiger partial charge on any atom is 0.573 e. The summed E-state index contributed by atoms with van der Waals surface area (Å²) in [6.07, 6.45) is 0.127. The highest BCUT2D eigenvalue weighted by molar-refractivity contribution is 7.98. The first kappa shape index (κ1) is 19.7. The van der Waals surface area contributed by atoms with Crippen LogP contribution in [-0.2, 0) is 5.75 Å². The number of hydrogen-bond acceptors (Lipinski definition) is 5. The third kappa shape index (κ3) is 5.71. The molecule has 2 heterocycles. The molecule has 0 fully saturated rings. The van der Waals surface area contributed by atoms with Gasteiger partial charge in [0, 0.05) is 36.1 Å². The van der Waals surface area contributed by atoms with Crippen LogP contribution in [0.4, 0.5) is 18.9 Å². The van der Waals surface area contributed by atoms with Gasteiger partial charge in [0.15, 0.2) is 0 Å². The molecule has 0 saturated heterocycles. The van der Waals surface area contributed by atoms with E-state index < -0.39 is 18.0 Å². The molecule has 2 aromatic heterocycles. The molecule has 0 atom stereocenters. The molecule has 0 aliphatic rings. The lowest BCUT2D eigenvalue weighted by molar-refractivity contribution is -0.274. The van der Waals surface area contributed by atoms with E-state index >= 15 is 0 Å². The lowest BCUT2D eigenvalue weighted by Crippen LogP contribution is -2.17. The zero-order valence-electron chi connectivity index (χ0n) is 14.3. The maximum absolute atomic E-state index is 12.6. The number of thioether (sulfide) groups is 1. The van der Waals surface area contributed by atoms with Gasteiger partial charge in [-0.05, 0) is 42.0 Å². The highest BCUT2D eigenvalue weighted by Gasteiger charge is 2.31. The molecule has 0 radical (unpaired) electrons. The Morgan fingerprint density at radius 1 is 1.07 bits per heavy atom. The summed E-state index contributed by atoms with van der Waals surface area (Å²) in [5.74, 6) is -0.299. The number of alkyl halides is 3. The number of nitrogens with zero attached hydrogens (tertiary/aromatic N) is 2. The molecular weight excluding hydrogens is 391 g/mol. The molecule has 9 heteroatoms. The van der Waals surface area contributed by atoms with E-state index in [2.05, 4.69) is 20.0 Å². The fraction of sp³-hybridized carbons (Fsp3) is 0.105. The Morgan fingerprint density at radius 2 is 1.86 bits per heavy atom. The summed E-state index contributed by atoms with van der Waals surface area (Å²) in [7, 11) is 0. The quantitative estimate of drug-likeness (QED) is 0.590. The Labute approximate surface area is 163 Å². The number of amides is 1.